The predicted octanol–water partition coefficient (Wildman–Crippen LogP) is 3.85. The Morgan fingerprint density at radius 3 is 2.08 bits per heavy atom. The number of likely N-dealkylation sites (N-methyl/N-ethyl adjacent to an activating group) is 1. The van der Waals surface area contributed by atoms with Crippen LogP contribution < -0.4 is 18.9 Å². The summed E-state index contributed by atoms with van der Waals surface area (Å²) in [5, 5.41) is 21.4. The van der Waals surface area contributed by atoms with Gasteiger partial charge in [0.2, 0.25) is 0 Å². The molecule has 0 aliphatic heterocycles. The summed E-state index contributed by atoms with van der Waals surface area (Å²) >= 11 is 0. The second-order valence-electron chi connectivity index (χ2n) is 9.53. The summed E-state index contributed by atoms with van der Waals surface area (Å²) in [6.45, 7) is 4.84. The van der Waals surface area contributed by atoms with Gasteiger partial charge < -0.3 is 33.7 Å². The Labute approximate surface area is 225 Å². The van der Waals surface area contributed by atoms with Crippen molar-refractivity contribution in [1.82, 2.24) is 4.90 Å². The van der Waals surface area contributed by atoms with Gasteiger partial charge in [0.25, 0.3) is 0 Å². The highest BCUT2D eigenvalue weighted by Gasteiger charge is 2.39. The molecule has 2 atom stereocenters. The van der Waals surface area contributed by atoms with E-state index in [4.69, 9.17) is 23.7 Å². The van der Waals surface area contributed by atoms with Crippen LogP contribution in [0.5, 0.6) is 23.0 Å². The molecule has 0 aliphatic rings. The molecule has 0 saturated carbocycles. The molecule has 1 N–H and O–H groups in total. The van der Waals surface area contributed by atoms with E-state index < -0.39 is 17.5 Å². The molecule has 2 rings (SSSR count). The molecule has 38 heavy (non-hydrogen) atoms. The highest BCUT2D eigenvalue weighted by molar-refractivity contribution is 5.92. The molecule has 0 saturated heterocycles. The van der Waals surface area contributed by atoms with Crippen molar-refractivity contribution < 1.29 is 33.6 Å². The van der Waals surface area contributed by atoms with E-state index in [1.54, 1.807) is 32.4 Å². The Kier molecular flexibility index (Phi) is 11.2. The molecule has 0 heterocycles. The lowest BCUT2D eigenvalue weighted by Gasteiger charge is -2.34. The van der Waals surface area contributed by atoms with Gasteiger partial charge in [-0.15, -0.1) is 0 Å². The number of ether oxygens (including phenoxy) is 5. The molecule has 0 radical (unpaired) electrons. The number of rotatable bonds is 14. The lowest BCUT2D eigenvalue weighted by molar-refractivity contribution is 0.0598. The Balaban J connectivity index is 2.21. The van der Waals surface area contributed by atoms with Crippen molar-refractivity contribution in [3.63, 3.8) is 0 Å². The zero-order valence-corrected chi connectivity index (χ0v) is 23.7. The predicted molar refractivity (Wildman–Crippen MR) is 144 cm³/mol. The monoisotopic (exact) mass is 528 g/mol. The molecule has 0 bridgehead atoms. The van der Waals surface area contributed by atoms with E-state index in [-0.39, 0.29) is 12.3 Å². The lowest BCUT2D eigenvalue weighted by Crippen LogP contribution is -2.39. The van der Waals surface area contributed by atoms with Crippen molar-refractivity contribution in [3.05, 3.63) is 47.0 Å². The van der Waals surface area contributed by atoms with Gasteiger partial charge in [0.1, 0.15) is 0 Å². The molecule has 0 aliphatic carbocycles. The highest BCUT2D eigenvalue weighted by atomic mass is 16.5. The number of hydrogen-bond donors (Lipinski definition) is 1. The normalized spacial score (nSPS) is 13.4. The molecular weight excluding hydrogens is 488 g/mol. The summed E-state index contributed by atoms with van der Waals surface area (Å²) in [5.41, 5.74) is 0.981. The molecule has 2 aromatic carbocycles. The summed E-state index contributed by atoms with van der Waals surface area (Å²) in [6.07, 6.45) is -0.0252. The first-order valence-corrected chi connectivity index (χ1v) is 12.4. The second-order valence-corrected chi connectivity index (χ2v) is 9.53. The average molecular weight is 529 g/mol. The Hall–Kier alpha value is -3.48. The van der Waals surface area contributed by atoms with Gasteiger partial charge in [-0.2, -0.15) is 5.26 Å². The maximum Gasteiger partial charge on any atom is 0.338 e. The molecule has 9 nitrogen and oxygen atoms in total. The zero-order chi connectivity index (χ0) is 28.5. The number of esters is 1. The third-order valence-electron chi connectivity index (χ3n) is 6.94. The fraction of sp³-hybridized carbons (Fsp3) is 0.517. The Morgan fingerprint density at radius 1 is 0.974 bits per heavy atom. The van der Waals surface area contributed by atoms with Crippen LogP contribution in [-0.2, 0) is 16.6 Å². The minimum absolute atomic E-state index is 0.0695. The molecule has 0 aromatic heterocycles. The van der Waals surface area contributed by atoms with Crippen molar-refractivity contribution in [2.45, 2.75) is 38.2 Å². The highest BCUT2D eigenvalue weighted by Crippen LogP contribution is 2.40. The fourth-order valence-corrected chi connectivity index (χ4v) is 4.67. The van der Waals surface area contributed by atoms with E-state index in [2.05, 4.69) is 6.07 Å². The van der Waals surface area contributed by atoms with Gasteiger partial charge in [-0.3, -0.25) is 0 Å². The maximum atomic E-state index is 12.4. The van der Waals surface area contributed by atoms with Crippen LogP contribution in [0, 0.1) is 17.2 Å². The third kappa shape index (κ3) is 6.88. The van der Waals surface area contributed by atoms with Crippen LogP contribution in [0.3, 0.4) is 0 Å². The summed E-state index contributed by atoms with van der Waals surface area (Å²) in [7, 11) is 9.39. The molecule has 0 amide bonds. The van der Waals surface area contributed by atoms with Crippen molar-refractivity contribution in [2.24, 2.45) is 5.92 Å². The third-order valence-corrected chi connectivity index (χ3v) is 6.94. The van der Waals surface area contributed by atoms with Gasteiger partial charge in [0.15, 0.2) is 23.0 Å². The number of benzene rings is 2. The first-order chi connectivity index (χ1) is 18.1. The Bertz CT molecular complexity index is 1130. The molecule has 2 unspecified atom stereocenters. The van der Waals surface area contributed by atoms with Gasteiger partial charge in [-0.05, 0) is 61.2 Å². The number of carbonyl (C=O) groups is 1. The van der Waals surface area contributed by atoms with E-state index in [1.807, 2.05) is 37.9 Å². The molecule has 0 fully saturated rings. The smallest absolute Gasteiger partial charge is 0.338 e. The SMILES string of the molecule is COC(=O)c1cc(OC)c(OC)cc1CCN(C)CC(O)CC(C#N)(c1ccc(OC)c(OC)c1)C(C)C. The van der Waals surface area contributed by atoms with Crippen molar-refractivity contribution in [2.75, 3.05) is 55.7 Å². The lowest BCUT2D eigenvalue weighted by atomic mass is 9.69. The van der Waals surface area contributed by atoms with Crippen molar-refractivity contribution in [1.29, 1.82) is 5.26 Å². The molecule has 0 spiro atoms. The average Bonchev–Trinajstić information content (AvgIpc) is 2.93. The van der Waals surface area contributed by atoms with Crippen LogP contribution in [0.2, 0.25) is 0 Å². The fourth-order valence-electron chi connectivity index (χ4n) is 4.67. The summed E-state index contributed by atoms with van der Waals surface area (Å²) in [5.74, 6) is 1.54. The Morgan fingerprint density at radius 2 is 1.55 bits per heavy atom. The second kappa shape index (κ2) is 13.9. The van der Waals surface area contributed by atoms with Gasteiger partial charge in [-0.25, -0.2) is 4.79 Å². The van der Waals surface area contributed by atoms with Crippen molar-refractivity contribution >= 4 is 5.97 Å². The number of nitriles is 1. The number of nitrogens with zero attached hydrogens (tertiary/aromatic N) is 2. The number of methoxy groups -OCH3 is 5. The molecule has 9 heteroatoms. The zero-order valence-electron chi connectivity index (χ0n) is 23.7. The molecular formula is C29H40N2O7. The van der Waals surface area contributed by atoms with Crippen molar-refractivity contribution in [3.8, 4) is 29.1 Å². The maximum absolute atomic E-state index is 12.4. The number of carbonyl (C=O) groups excluding carboxylic acids is 1. The van der Waals surface area contributed by atoms with Gasteiger partial charge in [0.05, 0.1) is 58.7 Å². The van der Waals surface area contributed by atoms with Gasteiger partial charge in [0, 0.05) is 13.1 Å². The minimum Gasteiger partial charge on any atom is -0.493 e. The molecule has 2 aromatic rings. The summed E-state index contributed by atoms with van der Waals surface area (Å²) < 4.78 is 26.5. The van der Waals surface area contributed by atoms with E-state index in [9.17, 15) is 15.2 Å². The standard InChI is InChI=1S/C29H40N2O7/c1-19(2)29(18-30,21-9-10-24(34-4)26(14-21)36-6)16-22(32)17-31(3)12-11-20-13-25(35-5)27(37-7)15-23(20)28(33)38-8/h9-10,13-15,19,22,32H,11-12,16-17H2,1-8H3. The number of aliphatic hydroxyl groups is 1. The largest absolute Gasteiger partial charge is 0.493 e. The van der Waals surface area contributed by atoms with Gasteiger partial charge >= 0.3 is 5.97 Å². The topological polar surface area (TPSA) is 110 Å². The first kappa shape index (κ1) is 30.7. The van der Waals surface area contributed by atoms with Crippen LogP contribution in [0.1, 0.15) is 41.8 Å². The molecule has 208 valence electrons. The van der Waals surface area contributed by atoms with Crippen LogP contribution >= 0.6 is 0 Å². The summed E-state index contributed by atoms with van der Waals surface area (Å²) in [6, 6.07) is 11.3. The van der Waals surface area contributed by atoms with Crippen LogP contribution in [0.4, 0.5) is 0 Å². The summed E-state index contributed by atoms with van der Waals surface area (Å²) in [4.78, 5) is 14.4. The van der Waals surface area contributed by atoms with E-state index in [0.29, 0.717) is 48.1 Å². The van der Waals surface area contributed by atoms with E-state index in [0.717, 1.165) is 11.1 Å². The van der Waals surface area contributed by atoms with Crippen LogP contribution in [0.15, 0.2) is 30.3 Å². The van der Waals surface area contributed by atoms with E-state index >= 15 is 0 Å². The van der Waals surface area contributed by atoms with E-state index in [1.165, 1.54) is 21.3 Å². The van der Waals surface area contributed by atoms with Crippen LogP contribution in [0.25, 0.3) is 0 Å². The number of hydrogen-bond acceptors (Lipinski definition) is 9. The quantitative estimate of drug-likeness (QED) is 0.366. The minimum atomic E-state index is -0.929. The van der Waals surface area contributed by atoms with Gasteiger partial charge in [-0.1, -0.05) is 19.9 Å². The number of aliphatic hydroxyl groups excluding tert-OH is 1. The first-order valence-electron chi connectivity index (χ1n) is 12.4. The van der Waals surface area contributed by atoms with Crippen LogP contribution in [-0.4, -0.2) is 77.8 Å².